The van der Waals surface area contributed by atoms with Gasteiger partial charge in [-0.3, -0.25) is 0 Å². The second-order valence-corrected chi connectivity index (χ2v) is 6.38. The first-order valence-corrected chi connectivity index (χ1v) is 8.07. The SMILES string of the molecule is Cl.NCc1cc(Cc2cc3c(c(Cl)c2Cl)OC(CO)C3)ccc1O. The molecule has 0 aromatic heterocycles. The van der Waals surface area contributed by atoms with Gasteiger partial charge in [-0.05, 0) is 29.2 Å². The summed E-state index contributed by atoms with van der Waals surface area (Å²) in [5.41, 5.74) is 9.13. The van der Waals surface area contributed by atoms with Gasteiger partial charge in [0.05, 0.1) is 11.6 Å². The van der Waals surface area contributed by atoms with E-state index >= 15 is 0 Å². The Balaban J connectivity index is 0.00000208. The third kappa shape index (κ3) is 3.58. The summed E-state index contributed by atoms with van der Waals surface area (Å²) in [5, 5.41) is 19.8. The second-order valence-electron chi connectivity index (χ2n) is 5.62. The Bertz CT molecular complexity index is 752. The molecule has 1 aliphatic heterocycles. The zero-order chi connectivity index (χ0) is 16.6. The van der Waals surface area contributed by atoms with Gasteiger partial charge in [0.1, 0.15) is 22.6 Å². The van der Waals surface area contributed by atoms with Crippen LogP contribution in [-0.2, 0) is 19.4 Å². The van der Waals surface area contributed by atoms with Crippen LogP contribution in [0.2, 0.25) is 10.0 Å². The molecule has 0 amide bonds. The van der Waals surface area contributed by atoms with E-state index in [1.54, 1.807) is 6.07 Å². The highest BCUT2D eigenvalue weighted by Gasteiger charge is 2.27. The summed E-state index contributed by atoms with van der Waals surface area (Å²) >= 11 is 12.7. The number of aromatic hydroxyl groups is 1. The molecule has 24 heavy (non-hydrogen) atoms. The van der Waals surface area contributed by atoms with Crippen molar-refractivity contribution in [2.75, 3.05) is 6.61 Å². The molecular formula is C17H18Cl3NO3. The van der Waals surface area contributed by atoms with E-state index in [1.807, 2.05) is 18.2 Å². The van der Waals surface area contributed by atoms with Crippen molar-refractivity contribution in [3.05, 3.63) is 56.6 Å². The molecule has 130 valence electrons. The summed E-state index contributed by atoms with van der Waals surface area (Å²) in [5.74, 6) is 0.751. The van der Waals surface area contributed by atoms with Crippen molar-refractivity contribution in [2.24, 2.45) is 5.73 Å². The predicted octanol–water partition coefficient (Wildman–Crippen LogP) is 3.47. The van der Waals surface area contributed by atoms with Gasteiger partial charge in [0, 0.05) is 18.5 Å². The van der Waals surface area contributed by atoms with Gasteiger partial charge in [-0.1, -0.05) is 41.4 Å². The number of aliphatic hydroxyl groups excluding tert-OH is 1. The van der Waals surface area contributed by atoms with Crippen LogP contribution in [0.25, 0.3) is 0 Å². The molecule has 0 saturated heterocycles. The van der Waals surface area contributed by atoms with Crippen LogP contribution in [0.3, 0.4) is 0 Å². The van der Waals surface area contributed by atoms with E-state index in [9.17, 15) is 10.2 Å². The molecule has 2 aromatic rings. The fourth-order valence-electron chi connectivity index (χ4n) is 2.82. The summed E-state index contributed by atoms with van der Waals surface area (Å²) in [6, 6.07) is 7.29. The minimum atomic E-state index is -0.272. The van der Waals surface area contributed by atoms with Crippen LogP contribution in [0.5, 0.6) is 11.5 Å². The van der Waals surface area contributed by atoms with Gasteiger partial charge in [-0.15, -0.1) is 12.4 Å². The zero-order valence-corrected chi connectivity index (χ0v) is 15.1. The molecular weight excluding hydrogens is 373 g/mol. The van der Waals surface area contributed by atoms with Crippen LogP contribution in [0, 0.1) is 0 Å². The molecule has 0 saturated carbocycles. The van der Waals surface area contributed by atoms with Gasteiger partial charge in [0.2, 0.25) is 0 Å². The molecule has 1 atom stereocenters. The quantitative estimate of drug-likeness (QED) is 0.747. The Morgan fingerprint density at radius 1 is 1.17 bits per heavy atom. The number of phenols is 1. The van der Waals surface area contributed by atoms with Gasteiger partial charge in [0.15, 0.2) is 0 Å². The van der Waals surface area contributed by atoms with E-state index in [4.69, 9.17) is 33.7 Å². The van der Waals surface area contributed by atoms with E-state index < -0.39 is 0 Å². The number of hydrogen-bond donors (Lipinski definition) is 3. The van der Waals surface area contributed by atoms with E-state index in [0.717, 1.165) is 16.7 Å². The topological polar surface area (TPSA) is 75.7 Å². The fraction of sp³-hybridized carbons (Fsp3) is 0.294. The Morgan fingerprint density at radius 3 is 2.58 bits per heavy atom. The minimum Gasteiger partial charge on any atom is -0.508 e. The standard InChI is InChI=1S/C17H17Cl2NO3.ClH/c18-15-10(3-9-1-2-14(22)12(4-9)7-20)5-11-6-13(8-21)23-17(11)16(15)19;/h1-2,4-5,13,21-22H,3,6-8,20H2;1H. The normalized spacial score (nSPS) is 15.6. The molecule has 1 heterocycles. The first-order chi connectivity index (χ1) is 11.0. The van der Waals surface area contributed by atoms with Gasteiger partial charge >= 0.3 is 0 Å². The highest BCUT2D eigenvalue weighted by molar-refractivity contribution is 6.43. The lowest BCUT2D eigenvalue weighted by Crippen LogP contribution is -2.17. The first kappa shape index (κ1) is 19.2. The summed E-state index contributed by atoms with van der Waals surface area (Å²) in [6.07, 6.45) is 0.911. The van der Waals surface area contributed by atoms with Gasteiger partial charge in [0.25, 0.3) is 0 Å². The highest BCUT2D eigenvalue weighted by atomic mass is 35.5. The molecule has 0 bridgehead atoms. The van der Waals surface area contributed by atoms with Gasteiger partial charge < -0.3 is 20.7 Å². The summed E-state index contributed by atoms with van der Waals surface area (Å²) in [7, 11) is 0. The van der Waals surface area contributed by atoms with Crippen LogP contribution < -0.4 is 10.5 Å². The maximum absolute atomic E-state index is 9.72. The Hall–Kier alpha value is -1.17. The summed E-state index contributed by atoms with van der Waals surface area (Å²) in [4.78, 5) is 0. The van der Waals surface area contributed by atoms with E-state index in [0.29, 0.717) is 34.2 Å². The number of ether oxygens (including phenoxy) is 1. The number of rotatable bonds is 4. The van der Waals surface area contributed by atoms with Crippen molar-refractivity contribution in [3.63, 3.8) is 0 Å². The fourth-order valence-corrected chi connectivity index (χ4v) is 3.31. The lowest BCUT2D eigenvalue weighted by molar-refractivity contribution is 0.134. The van der Waals surface area contributed by atoms with Crippen LogP contribution in [0.1, 0.15) is 22.3 Å². The van der Waals surface area contributed by atoms with Crippen molar-refractivity contribution in [3.8, 4) is 11.5 Å². The number of fused-ring (bicyclic) bond motifs is 1. The molecule has 1 aliphatic rings. The number of phenolic OH excluding ortho intramolecular Hbond substituents is 1. The Labute approximate surface area is 156 Å². The zero-order valence-electron chi connectivity index (χ0n) is 12.8. The molecule has 0 aliphatic carbocycles. The molecule has 0 spiro atoms. The van der Waals surface area contributed by atoms with Crippen LogP contribution >= 0.6 is 35.6 Å². The van der Waals surface area contributed by atoms with Gasteiger partial charge in [-0.2, -0.15) is 0 Å². The Morgan fingerprint density at radius 2 is 1.92 bits per heavy atom. The predicted molar refractivity (Wildman–Crippen MR) is 97.7 cm³/mol. The summed E-state index contributed by atoms with van der Waals surface area (Å²) < 4.78 is 5.61. The maximum Gasteiger partial charge on any atom is 0.143 e. The lowest BCUT2D eigenvalue weighted by Gasteiger charge is -2.12. The van der Waals surface area contributed by atoms with E-state index in [2.05, 4.69) is 0 Å². The largest absolute Gasteiger partial charge is 0.508 e. The number of nitrogens with two attached hydrogens (primary N) is 1. The lowest BCUT2D eigenvalue weighted by atomic mass is 9.99. The van der Waals surface area contributed by atoms with Gasteiger partial charge in [-0.25, -0.2) is 0 Å². The van der Waals surface area contributed by atoms with Crippen molar-refractivity contribution < 1.29 is 14.9 Å². The third-order valence-corrected chi connectivity index (χ3v) is 4.90. The Kier molecular flexibility index (Phi) is 6.23. The minimum absolute atomic E-state index is 0. The molecule has 4 N–H and O–H groups in total. The number of hydrogen-bond acceptors (Lipinski definition) is 4. The number of benzene rings is 2. The first-order valence-electron chi connectivity index (χ1n) is 7.31. The van der Waals surface area contributed by atoms with Crippen molar-refractivity contribution in [1.29, 1.82) is 0 Å². The average molecular weight is 391 g/mol. The van der Waals surface area contributed by atoms with E-state index in [1.165, 1.54) is 0 Å². The molecule has 0 radical (unpaired) electrons. The molecule has 3 rings (SSSR count). The maximum atomic E-state index is 9.72. The molecule has 0 fully saturated rings. The average Bonchev–Trinajstić information content (AvgIpc) is 2.97. The number of halogens is 3. The van der Waals surface area contributed by atoms with Crippen LogP contribution in [0.15, 0.2) is 24.3 Å². The number of aliphatic hydroxyl groups is 1. The van der Waals surface area contributed by atoms with Crippen molar-refractivity contribution in [2.45, 2.75) is 25.5 Å². The smallest absolute Gasteiger partial charge is 0.143 e. The van der Waals surface area contributed by atoms with Crippen LogP contribution in [0.4, 0.5) is 0 Å². The summed E-state index contributed by atoms with van der Waals surface area (Å²) in [6.45, 7) is 0.208. The van der Waals surface area contributed by atoms with E-state index in [-0.39, 0.29) is 37.4 Å². The molecule has 1 unspecified atom stereocenters. The van der Waals surface area contributed by atoms with Crippen molar-refractivity contribution >= 4 is 35.6 Å². The van der Waals surface area contributed by atoms with Crippen LogP contribution in [-0.4, -0.2) is 22.9 Å². The monoisotopic (exact) mass is 389 g/mol. The van der Waals surface area contributed by atoms with Crippen molar-refractivity contribution in [1.82, 2.24) is 0 Å². The third-order valence-electron chi connectivity index (χ3n) is 4.01. The highest BCUT2D eigenvalue weighted by Crippen LogP contribution is 2.43. The second kappa shape index (κ2) is 7.81. The molecule has 7 heteroatoms. The molecule has 4 nitrogen and oxygen atoms in total. The molecule has 2 aromatic carbocycles.